The molecule has 3 nitrogen and oxygen atoms in total. The third-order valence-corrected chi connectivity index (χ3v) is 2.10. The topological polar surface area (TPSA) is 34.4 Å². The molecular formula is C11H19NO2. The summed E-state index contributed by atoms with van der Waals surface area (Å²) in [6, 6.07) is 4.24. The molecule has 1 unspecified atom stereocenters. The van der Waals surface area contributed by atoms with Gasteiger partial charge in [0.15, 0.2) is 0 Å². The van der Waals surface area contributed by atoms with E-state index in [1.165, 1.54) is 0 Å². The largest absolute Gasteiger partial charge is 0.469 e. The van der Waals surface area contributed by atoms with Crippen LogP contribution in [0, 0.1) is 0 Å². The van der Waals surface area contributed by atoms with Crippen LogP contribution in [0.15, 0.2) is 22.8 Å². The highest BCUT2D eigenvalue weighted by Crippen LogP contribution is 2.04. The minimum atomic E-state index is 0.340. The second kappa shape index (κ2) is 6.62. The molecule has 3 heteroatoms. The van der Waals surface area contributed by atoms with Crippen LogP contribution in [-0.2, 0) is 11.2 Å². The standard InChI is InChI=1S/C11H19NO2/c1-3-6-13-9-10(12-2)8-11-5-4-7-14-11/h4-5,7,10,12H,3,6,8-9H2,1-2H3. The number of furan rings is 1. The van der Waals surface area contributed by atoms with E-state index in [1.54, 1.807) is 6.26 Å². The lowest BCUT2D eigenvalue weighted by atomic mass is 10.2. The molecule has 1 aromatic rings. The van der Waals surface area contributed by atoms with Crippen LogP contribution >= 0.6 is 0 Å². The van der Waals surface area contributed by atoms with Crippen LogP contribution in [0.5, 0.6) is 0 Å². The van der Waals surface area contributed by atoms with E-state index in [9.17, 15) is 0 Å². The molecule has 1 aromatic heterocycles. The zero-order valence-electron chi connectivity index (χ0n) is 8.95. The van der Waals surface area contributed by atoms with E-state index >= 15 is 0 Å². The molecular weight excluding hydrogens is 178 g/mol. The molecule has 0 radical (unpaired) electrons. The molecule has 1 N–H and O–H groups in total. The summed E-state index contributed by atoms with van der Waals surface area (Å²) in [5.41, 5.74) is 0. The van der Waals surface area contributed by atoms with Crippen molar-refractivity contribution in [1.82, 2.24) is 5.32 Å². The number of likely N-dealkylation sites (N-methyl/N-ethyl adjacent to an activating group) is 1. The van der Waals surface area contributed by atoms with E-state index in [0.717, 1.165) is 31.8 Å². The summed E-state index contributed by atoms with van der Waals surface area (Å²) >= 11 is 0. The fraction of sp³-hybridized carbons (Fsp3) is 0.636. The van der Waals surface area contributed by atoms with Gasteiger partial charge in [-0.1, -0.05) is 6.92 Å². The minimum absolute atomic E-state index is 0.340. The van der Waals surface area contributed by atoms with Crippen molar-refractivity contribution in [2.45, 2.75) is 25.8 Å². The number of hydrogen-bond donors (Lipinski definition) is 1. The molecule has 1 heterocycles. The van der Waals surface area contributed by atoms with Gasteiger partial charge in [0.25, 0.3) is 0 Å². The highest BCUT2D eigenvalue weighted by Gasteiger charge is 2.08. The third-order valence-electron chi connectivity index (χ3n) is 2.10. The Morgan fingerprint density at radius 2 is 2.43 bits per heavy atom. The Labute approximate surface area is 85.4 Å². The monoisotopic (exact) mass is 197 g/mol. The van der Waals surface area contributed by atoms with E-state index < -0.39 is 0 Å². The molecule has 0 amide bonds. The van der Waals surface area contributed by atoms with Gasteiger partial charge in [0.05, 0.1) is 12.9 Å². The van der Waals surface area contributed by atoms with Crippen LogP contribution in [-0.4, -0.2) is 26.3 Å². The van der Waals surface area contributed by atoms with E-state index in [4.69, 9.17) is 9.15 Å². The zero-order chi connectivity index (χ0) is 10.2. The second-order valence-corrected chi connectivity index (χ2v) is 3.34. The first-order valence-electron chi connectivity index (χ1n) is 5.14. The summed E-state index contributed by atoms with van der Waals surface area (Å²) < 4.78 is 10.8. The zero-order valence-corrected chi connectivity index (χ0v) is 8.95. The van der Waals surface area contributed by atoms with Gasteiger partial charge < -0.3 is 14.5 Å². The quantitative estimate of drug-likeness (QED) is 0.677. The fourth-order valence-electron chi connectivity index (χ4n) is 1.29. The summed E-state index contributed by atoms with van der Waals surface area (Å²) in [6.07, 6.45) is 3.65. The van der Waals surface area contributed by atoms with E-state index in [0.29, 0.717) is 6.04 Å². The van der Waals surface area contributed by atoms with Gasteiger partial charge in [-0.2, -0.15) is 0 Å². The lowest BCUT2D eigenvalue weighted by Gasteiger charge is -2.14. The highest BCUT2D eigenvalue weighted by molar-refractivity contribution is 5.00. The number of hydrogen-bond acceptors (Lipinski definition) is 3. The van der Waals surface area contributed by atoms with Crippen LogP contribution in [0.1, 0.15) is 19.1 Å². The van der Waals surface area contributed by atoms with Crippen LogP contribution in [0.2, 0.25) is 0 Å². The molecule has 0 saturated carbocycles. The Bertz CT molecular complexity index is 221. The van der Waals surface area contributed by atoms with E-state index in [2.05, 4.69) is 12.2 Å². The molecule has 1 atom stereocenters. The van der Waals surface area contributed by atoms with Crippen molar-refractivity contribution in [3.05, 3.63) is 24.2 Å². The van der Waals surface area contributed by atoms with Crippen LogP contribution in [0.4, 0.5) is 0 Å². The summed E-state index contributed by atoms with van der Waals surface area (Å²) in [7, 11) is 1.95. The summed E-state index contributed by atoms with van der Waals surface area (Å²) in [5, 5.41) is 3.21. The average molecular weight is 197 g/mol. The first kappa shape index (κ1) is 11.3. The Morgan fingerprint density at radius 1 is 1.57 bits per heavy atom. The fourth-order valence-corrected chi connectivity index (χ4v) is 1.29. The van der Waals surface area contributed by atoms with Crippen LogP contribution in [0.25, 0.3) is 0 Å². The highest BCUT2D eigenvalue weighted by atomic mass is 16.5. The maximum Gasteiger partial charge on any atom is 0.105 e. The predicted octanol–water partition coefficient (Wildman–Crippen LogP) is 1.84. The molecule has 1 rings (SSSR count). The van der Waals surface area contributed by atoms with Crippen molar-refractivity contribution in [3.8, 4) is 0 Å². The van der Waals surface area contributed by atoms with Gasteiger partial charge in [0, 0.05) is 19.1 Å². The molecule has 0 aliphatic rings. The van der Waals surface area contributed by atoms with E-state index in [1.807, 2.05) is 19.2 Å². The first-order chi connectivity index (χ1) is 6.86. The number of rotatable bonds is 7. The summed E-state index contributed by atoms with van der Waals surface area (Å²) in [4.78, 5) is 0. The van der Waals surface area contributed by atoms with Crippen LogP contribution in [0.3, 0.4) is 0 Å². The van der Waals surface area contributed by atoms with Gasteiger partial charge in [0.2, 0.25) is 0 Å². The third kappa shape index (κ3) is 3.94. The van der Waals surface area contributed by atoms with Crippen molar-refractivity contribution >= 4 is 0 Å². The second-order valence-electron chi connectivity index (χ2n) is 3.34. The number of ether oxygens (including phenoxy) is 1. The minimum Gasteiger partial charge on any atom is -0.469 e. The summed E-state index contributed by atoms with van der Waals surface area (Å²) in [6.45, 7) is 3.68. The van der Waals surface area contributed by atoms with Crippen molar-refractivity contribution in [1.29, 1.82) is 0 Å². The van der Waals surface area contributed by atoms with Gasteiger partial charge in [0.1, 0.15) is 5.76 Å². The Morgan fingerprint density at radius 3 is 3.00 bits per heavy atom. The lowest BCUT2D eigenvalue weighted by molar-refractivity contribution is 0.112. The van der Waals surface area contributed by atoms with Gasteiger partial charge in [-0.05, 0) is 25.6 Å². The first-order valence-corrected chi connectivity index (χ1v) is 5.14. The van der Waals surface area contributed by atoms with Gasteiger partial charge in [-0.25, -0.2) is 0 Å². The number of nitrogens with one attached hydrogen (secondary N) is 1. The van der Waals surface area contributed by atoms with Crippen LogP contribution < -0.4 is 5.32 Å². The molecule has 0 aliphatic carbocycles. The SMILES string of the molecule is CCCOCC(Cc1ccco1)NC. The average Bonchev–Trinajstić information content (AvgIpc) is 2.69. The molecule has 0 bridgehead atoms. The Balaban J connectivity index is 2.24. The van der Waals surface area contributed by atoms with Gasteiger partial charge in [-0.3, -0.25) is 0 Å². The maximum absolute atomic E-state index is 5.48. The van der Waals surface area contributed by atoms with Gasteiger partial charge >= 0.3 is 0 Å². The molecule has 0 fully saturated rings. The van der Waals surface area contributed by atoms with Crippen molar-refractivity contribution in [3.63, 3.8) is 0 Å². The van der Waals surface area contributed by atoms with Crippen molar-refractivity contribution in [2.24, 2.45) is 0 Å². The molecule has 0 aromatic carbocycles. The van der Waals surface area contributed by atoms with Gasteiger partial charge in [-0.15, -0.1) is 0 Å². The van der Waals surface area contributed by atoms with Crippen molar-refractivity contribution < 1.29 is 9.15 Å². The molecule has 0 spiro atoms. The van der Waals surface area contributed by atoms with Crippen molar-refractivity contribution in [2.75, 3.05) is 20.3 Å². The molecule has 80 valence electrons. The maximum atomic E-state index is 5.48. The lowest BCUT2D eigenvalue weighted by Crippen LogP contribution is -2.32. The molecule has 0 saturated heterocycles. The Hall–Kier alpha value is -0.800. The normalized spacial score (nSPS) is 13.0. The Kier molecular flexibility index (Phi) is 5.33. The predicted molar refractivity (Wildman–Crippen MR) is 56.4 cm³/mol. The van der Waals surface area contributed by atoms with E-state index in [-0.39, 0.29) is 0 Å². The summed E-state index contributed by atoms with van der Waals surface area (Å²) in [5.74, 6) is 1.00. The molecule has 14 heavy (non-hydrogen) atoms. The smallest absolute Gasteiger partial charge is 0.105 e. The molecule has 0 aliphatic heterocycles.